The molecule has 0 aromatic heterocycles. The van der Waals surface area contributed by atoms with Crippen LogP contribution in [0.2, 0.25) is 0 Å². The van der Waals surface area contributed by atoms with Crippen molar-refractivity contribution in [2.75, 3.05) is 13.1 Å². The lowest BCUT2D eigenvalue weighted by molar-refractivity contribution is 0.0932. The minimum absolute atomic E-state index is 0.0293. The third kappa shape index (κ3) is 4.38. The smallest absolute Gasteiger partial charge is 0.251 e. The Morgan fingerprint density at radius 2 is 1.69 bits per heavy atom. The van der Waals surface area contributed by atoms with E-state index in [1.165, 1.54) is 17.2 Å². The summed E-state index contributed by atoms with van der Waals surface area (Å²) in [6.45, 7) is 1.11. The summed E-state index contributed by atoms with van der Waals surface area (Å²) in [5.41, 5.74) is 2.84. The molecule has 1 aliphatic heterocycles. The first-order valence-corrected chi connectivity index (χ1v) is 12.0. The fraction of sp³-hybridized carbons (Fsp3) is 0.435. The van der Waals surface area contributed by atoms with Crippen molar-refractivity contribution >= 4 is 15.9 Å². The topological polar surface area (TPSA) is 66.5 Å². The van der Waals surface area contributed by atoms with Crippen LogP contribution in [0.25, 0.3) is 0 Å². The third-order valence-corrected chi connectivity index (χ3v) is 7.87. The number of carbonyl (C=O) groups excluding carboxylic acids is 1. The summed E-state index contributed by atoms with van der Waals surface area (Å²) in [7, 11) is -3.57. The molecule has 1 amide bonds. The molecule has 1 N–H and O–H groups in total. The minimum Gasteiger partial charge on any atom is -0.345 e. The van der Waals surface area contributed by atoms with E-state index in [0.29, 0.717) is 18.7 Å². The number of carbonyl (C=O) groups is 1. The minimum atomic E-state index is -3.57. The lowest BCUT2D eigenvalue weighted by Gasteiger charge is -2.26. The number of fused-ring (bicyclic) bond motifs is 1. The van der Waals surface area contributed by atoms with Crippen LogP contribution in [-0.4, -0.2) is 31.7 Å². The van der Waals surface area contributed by atoms with Crippen LogP contribution in [0.15, 0.2) is 53.4 Å². The summed E-state index contributed by atoms with van der Waals surface area (Å²) < 4.78 is 27.7. The summed E-state index contributed by atoms with van der Waals surface area (Å²) in [4.78, 5) is 13.1. The second-order valence-corrected chi connectivity index (χ2v) is 9.90. The Labute approximate surface area is 173 Å². The van der Waals surface area contributed by atoms with Crippen molar-refractivity contribution in [2.24, 2.45) is 0 Å². The second-order valence-electron chi connectivity index (χ2n) is 7.96. The molecule has 0 radical (unpaired) electrons. The van der Waals surface area contributed by atoms with Gasteiger partial charge in [0.1, 0.15) is 0 Å². The second kappa shape index (κ2) is 8.67. The van der Waals surface area contributed by atoms with Gasteiger partial charge in [-0.3, -0.25) is 4.79 Å². The molecule has 1 fully saturated rings. The van der Waals surface area contributed by atoms with E-state index in [1.54, 1.807) is 22.5 Å². The van der Waals surface area contributed by atoms with Crippen LogP contribution in [0.5, 0.6) is 0 Å². The van der Waals surface area contributed by atoms with Crippen LogP contribution < -0.4 is 5.32 Å². The molecule has 0 spiro atoms. The number of nitrogens with one attached hydrogen (secondary N) is 1. The SMILES string of the molecule is O=C(NC1CCCc2ccccc21)c1cccc(S(=O)(=O)N2CCCCCC2)c1. The molecule has 0 bridgehead atoms. The van der Waals surface area contributed by atoms with Gasteiger partial charge < -0.3 is 5.32 Å². The molecule has 4 rings (SSSR count). The molecular weight excluding hydrogens is 384 g/mol. The standard InChI is InChI=1S/C23H28N2O3S/c26-23(24-22-14-8-10-18-9-3-4-13-21(18)22)19-11-7-12-20(17-19)29(27,28)25-15-5-1-2-6-16-25/h3-4,7,9,11-13,17,22H,1-2,5-6,8,10,14-16H2,(H,24,26). The lowest BCUT2D eigenvalue weighted by atomic mass is 9.87. The predicted molar refractivity (Wildman–Crippen MR) is 113 cm³/mol. The van der Waals surface area contributed by atoms with Gasteiger partial charge in [-0.05, 0) is 61.4 Å². The van der Waals surface area contributed by atoms with Gasteiger partial charge in [-0.2, -0.15) is 4.31 Å². The molecule has 1 heterocycles. The zero-order valence-corrected chi connectivity index (χ0v) is 17.5. The van der Waals surface area contributed by atoms with E-state index in [1.807, 2.05) is 12.1 Å². The molecule has 6 heteroatoms. The van der Waals surface area contributed by atoms with E-state index in [9.17, 15) is 13.2 Å². The van der Waals surface area contributed by atoms with Crippen molar-refractivity contribution in [1.82, 2.24) is 9.62 Å². The molecule has 5 nitrogen and oxygen atoms in total. The van der Waals surface area contributed by atoms with Gasteiger partial charge in [-0.1, -0.05) is 43.2 Å². The van der Waals surface area contributed by atoms with E-state index in [-0.39, 0.29) is 16.8 Å². The van der Waals surface area contributed by atoms with Crippen molar-refractivity contribution in [2.45, 2.75) is 55.9 Å². The monoisotopic (exact) mass is 412 g/mol. The van der Waals surface area contributed by atoms with Crippen LogP contribution in [0.4, 0.5) is 0 Å². The normalized spacial score (nSPS) is 20.5. The zero-order valence-electron chi connectivity index (χ0n) is 16.6. The summed E-state index contributed by atoms with van der Waals surface area (Å²) >= 11 is 0. The van der Waals surface area contributed by atoms with Gasteiger partial charge in [0.15, 0.2) is 0 Å². The van der Waals surface area contributed by atoms with E-state index >= 15 is 0 Å². The molecule has 1 saturated heterocycles. The van der Waals surface area contributed by atoms with Gasteiger partial charge in [0, 0.05) is 18.7 Å². The van der Waals surface area contributed by atoms with Gasteiger partial charge in [0.05, 0.1) is 10.9 Å². The van der Waals surface area contributed by atoms with Gasteiger partial charge in [0.25, 0.3) is 5.91 Å². The van der Waals surface area contributed by atoms with Crippen molar-refractivity contribution in [3.8, 4) is 0 Å². The van der Waals surface area contributed by atoms with Crippen molar-refractivity contribution < 1.29 is 13.2 Å². The number of hydrogen-bond acceptors (Lipinski definition) is 3. The molecule has 2 aromatic rings. The third-order valence-electron chi connectivity index (χ3n) is 5.97. The molecule has 1 aliphatic carbocycles. The Bertz CT molecular complexity index is 979. The Kier molecular flexibility index (Phi) is 6.01. The number of sulfonamides is 1. The highest BCUT2D eigenvalue weighted by molar-refractivity contribution is 7.89. The Morgan fingerprint density at radius 3 is 2.48 bits per heavy atom. The van der Waals surface area contributed by atoms with Gasteiger partial charge >= 0.3 is 0 Å². The van der Waals surface area contributed by atoms with Gasteiger partial charge in [-0.15, -0.1) is 0 Å². The molecule has 2 aliphatic rings. The number of benzene rings is 2. The molecule has 29 heavy (non-hydrogen) atoms. The fourth-order valence-corrected chi connectivity index (χ4v) is 5.94. The van der Waals surface area contributed by atoms with E-state index in [0.717, 1.165) is 44.9 Å². The Balaban J connectivity index is 1.54. The molecule has 1 unspecified atom stereocenters. The van der Waals surface area contributed by atoms with E-state index in [2.05, 4.69) is 17.4 Å². The highest BCUT2D eigenvalue weighted by atomic mass is 32.2. The van der Waals surface area contributed by atoms with Gasteiger partial charge in [0.2, 0.25) is 10.0 Å². The van der Waals surface area contributed by atoms with E-state index in [4.69, 9.17) is 0 Å². The molecular formula is C23H28N2O3S. The maximum absolute atomic E-state index is 13.1. The quantitative estimate of drug-likeness (QED) is 0.824. The predicted octanol–water partition coefficient (Wildman–Crippen LogP) is 4.06. The molecule has 2 aromatic carbocycles. The lowest BCUT2D eigenvalue weighted by Crippen LogP contribution is -2.33. The van der Waals surface area contributed by atoms with Crippen molar-refractivity contribution in [1.29, 1.82) is 0 Å². The molecule has 0 saturated carbocycles. The number of aryl methyl sites for hydroxylation is 1. The maximum atomic E-state index is 13.1. The number of nitrogens with zero attached hydrogens (tertiary/aromatic N) is 1. The summed E-state index contributed by atoms with van der Waals surface area (Å²) in [6, 6.07) is 14.6. The first-order chi connectivity index (χ1) is 14.1. The van der Waals surface area contributed by atoms with Crippen molar-refractivity contribution in [3.63, 3.8) is 0 Å². The fourth-order valence-electron chi connectivity index (χ4n) is 4.37. The zero-order chi connectivity index (χ0) is 20.3. The largest absolute Gasteiger partial charge is 0.345 e. The summed E-state index contributed by atoms with van der Waals surface area (Å²) in [5, 5.41) is 3.11. The number of amides is 1. The Hall–Kier alpha value is -2.18. The van der Waals surface area contributed by atoms with Crippen LogP contribution in [0, 0.1) is 0 Å². The average Bonchev–Trinajstić information content (AvgIpc) is 3.04. The van der Waals surface area contributed by atoms with Crippen LogP contribution in [-0.2, 0) is 16.4 Å². The summed E-state index contributed by atoms with van der Waals surface area (Å²) in [6.07, 6.45) is 6.88. The molecule has 154 valence electrons. The highest BCUT2D eigenvalue weighted by Crippen LogP contribution is 2.30. The highest BCUT2D eigenvalue weighted by Gasteiger charge is 2.27. The number of hydrogen-bond donors (Lipinski definition) is 1. The van der Waals surface area contributed by atoms with E-state index < -0.39 is 10.0 Å². The van der Waals surface area contributed by atoms with Crippen molar-refractivity contribution in [3.05, 3.63) is 65.2 Å². The number of rotatable bonds is 4. The Morgan fingerprint density at radius 1 is 0.931 bits per heavy atom. The maximum Gasteiger partial charge on any atom is 0.251 e. The van der Waals surface area contributed by atoms with Crippen LogP contribution in [0.3, 0.4) is 0 Å². The van der Waals surface area contributed by atoms with Crippen LogP contribution >= 0.6 is 0 Å². The molecule has 1 atom stereocenters. The first-order valence-electron chi connectivity index (χ1n) is 10.5. The van der Waals surface area contributed by atoms with Gasteiger partial charge in [-0.25, -0.2) is 8.42 Å². The summed E-state index contributed by atoms with van der Waals surface area (Å²) in [5.74, 6) is -0.223. The van der Waals surface area contributed by atoms with Crippen LogP contribution in [0.1, 0.15) is 66.1 Å². The first kappa shape index (κ1) is 20.1. The average molecular weight is 413 g/mol.